The molecule has 0 unspecified atom stereocenters. The first kappa shape index (κ1) is 16.5. The van der Waals surface area contributed by atoms with E-state index in [1.54, 1.807) is 4.90 Å². The molecule has 2 amide bonds. The number of rotatable bonds is 3. The Bertz CT molecular complexity index is 541. The Balaban J connectivity index is 1.96. The van der Waals surface area contributed by atoms with Crippen molar-refractivity contribution in [2.45, 2.75) is 39.8 Å². The minimum Gasteiger partial charge on any atom is -0.377 e. The normalized spacial score (nSPS) is 21.5. The van der Waals surface area contributed by atoms with Crippen LogP contribution in [0.15, 0.2) is 18.2 Å². The van der Waals surface area contributed by atoms with Crippen LogP contribution in [0.3, 0.4) is 0 Å². The molecule has 5 heteroatoms. The fourth-order valence-electron chi connectivity index (χ4n) is 2.95. The molecule has 1 N–H and O–H groups in total. The minimum absolute atomic E-state index is 0.0144. The van der Waals surface area contributed by atoms with E-state index in [9.17, 15) is 9.59 Å². The first-order chi connectivity index (χ1) is 10.4. The quantitative estimate of drug-likeness (QED) is 0.924. The molecule has 0 bridgehead atoms. The molecule has 1 aliphatic heterocycles. The average Bonchev–Trinajstić information content (AvgIpc) is 2.43. The second-order valence-corrected chi connectivity index (χ2v) is 6.10. The van der Waals surface area contributed by atoms with Crippen LogP contribution in [0.1, 0.15) is 35.3 Å². The third-order valence-electron chi connectivity index (χ3n) is 3.84. The first-order valence-corrected chi connectivity index (χ1v) is 7.64. The van der Waals surface area contributed by atoms with Crippen molar-refractivity contribution in [1.29, 1.82) is 0 Å². The predicted molar refractivity (Wildman–Crippen MR) is 84.8 cm³/mol. The van der Waals surface area contributed by atoms with Gasteiger partial charge in [-0.25, -0.2) is 0 Å². The van der Waals surface area contributed by atoms with Crippen LogP contribution in [0.5, 0.6) is 0 Å². The van der Waals surface area contributed by atoms with Gasteiger partial charge in [-0.2, -0.15) is 0 Å². The molecular weight excluding hydrogens is 280 g/mol. The summed E-state index contributed by atoms with van der Waals surface area (Å²) in [6, 6.07) is 5.74. The smallest absolute Gasteiger partial charge is 0.251 e. The van der Waals surface area contributed by atoms with Crippen molar-refractivity contribution in [2.75, 3.05) is 19.8 Å². The number of carbonyl (C=O) groups excluding carboxylic acids is 2. The molecule has 1 aromatic rings. The monoisotopic (exact) mass is 304 g/mol. The van der Waals surface area contributed by atoms with Gasteiger partial charge >= 0.3 is 0 Å². The molecule has 1 aliphatic rings. The van der Waals surface area contributed by atoms with Gasteiger partial charge in [0.25, 0.3) is 5.91 Å². The second kappa shape index (κ2) is 6.92. The molecule has 2 rings (SSSR count). The van der Waals surface area contributed by atoms with E-state index in [1.807, 2.05) is 45.9 Å². The summed E-state index contributed by atoms with van der Waals surface area (Å²) in [5.41, 5.74) is 2.66. The van der Waals surface area contributed by atoms with E-state index in [4.69, 9.17) is 4.74 Å². The van der Waals surface area contributed by atoms with Gasteiger partial charge in [-0.1, -0.05) is 17.2 Å². The molecule has 0 radical (unpaired) electrons. The summed E-state index contributed by atoms with van der Waals surface area (Å²) in [5, 5.41) is 2.72. The standard InChI is InChI=1S/C17H24N2O3/c1-11-5-12(2)7-15(6-11)17(21)18-8-16(20)19-13(3)9-22-10-14(19)4/h5-7,13-14H,8-10H2,1-4H3,(H,18,21)/t13-,14+. The third-order valence-corrected chi connectivity index (χ3v) is 3.84. The highest BCUT2D eigenvalue weighted by atomic mass is 16.5. The Hall–Kier alpha value is -1.88. The zero-order chi connectivity index (χ0) is 16.3. The van der Waals surface area contributed by atoms with Crippen molar-refractivity contribution in [3.8, 4) is 0 Å². The Kier molecular flexibility index (Phi) is 5.19. The number of morpholine rings is 1. The molecular formula is C17H24N2O3. The number of aryl methyl sites for hydroxylation is 2. The topological polar surface area (TPSA) is 58.6 Å². The lowest BCUT2D eigenvalue weighted by atomic mass is 10.1. The Morgan fingerprint density at radius 3 is 2.23 bits per heavy atom. The van der Waals surface area contributed by atoms with Crippen LogP contribution in [-0.4, -0.2) is 48.6 Å². The van der Waals surface area contributed by atoms with Crippen molar-refractivity contribution in [3.05, 3.63) is 34.9 Å². The van der Waals surface area contributed by atoms with Gasteiger partial charge in [0.15, 0.2) is 0 Å². The molecule has 0 spiro atoms. The Morgan fingerprint density at radius 1 is 1.14 bits per heavy atom. The summed E-state index contributed by atoms with van der Waals surface area (Å²) >= 11 is 0. The van der Waals surface area contributed by atoms with Crippen LogP contribution in [0.2, 0.25) is 0 Å². The highest BCUT2D eigenvalue weighted by Gasteiger charge is 2.29. The van der Waals surface area contributed by atoms with Crippen molar-refractivity contribution < 1.29 is 14.3 Å². The van der Waals surface area contributed by atoms with Crippen LogP contribution < -0.4 is 5.32 Å². The van der Waals surface area contributed by atoms with E-state index in [1.165, 1.54) is 0 Å². The molecule has 1 fully saturated rings. The van der Waals surface area contributed by atoms with Gasteiger partial charge in [0.1, 0.15) is 0 Å². The second-order valence-electron chi connectivity index (χ2n) is 6.10. The fraction of sp³-hybridized carbons (Fsp3) is 0.529. The maximum Gasteiger partial charge on any atom is 0.251 e. The van der Waals surface area contributed by atoms with Crippen LogP contribution in [-0.2, 0) is 9.53 Å². The number of amides is 2. The molecule has 120 valence electrons. The van der Waals surface area contributed by atoms with E-state index < -0.39 is 0 Å². The minimum atomic E-state index is -0.214. The lowest BCUT2D eigenvalue weighted by Gasteiger charge is -2.38. The maximum absolute atomic E-state index is 12.3. The zero-order valence-electron chi connectivity index (χ0n) is 13.7. The third kappa shape index (κ3) is 3.85. The maximum atomic E-state index is 12.3. The molecule has 0 aromatic heterocycles. The highest BCUT2D eigenvalue weighted by Crippen LogP contribution is 2.13. The summed E-state index contributed by atoms with van der Waals surface area (Å²) in [6.45, 7) is 8.92. The molecule has 22 heavy (non-hydrogen) atoms. The number of hydrogen-bond acceptors (Lipinski definition) is 3. The predicted octanol–water partition coefficient (Wildman–Crippen LogP) is 1.67. The number of nitrogens with zero attached hydrogens (tertiary/aromatic N) is 1. The van der Waals surface area contributed by atoms with Gasteiger partial charge in [-0.3, -0.25) is 9.59 Å². The van der Waals surface area contributed by atoms with Crippen LogP contribution in [0.25, 0.3) is 0 Å². The highest BCUT2D eigenvalue weighted by molar-refractivity contribution is 5.96. The summed E-state index contributed by atoms with van der Waals surface area (Å²) < 4.78 is 5.41. The van der Waals surface area contributed by atoms with Crippen molar-refractivity contribution >= 4 is 11.8 Å². The summed E-state index contributed by atoms with van der Waals surface area (Å²) in [6.07, 6.45) is 0. The molecule has 0 aliphatic carbocycles. The van der Waals surface area contributed by atoms with E-state index in [-0.39, 0.29) is 30.4 Å². The largest absolute Gasteiger partial charge is 0.377 e. The van der Waals surface area contributed by atoms with Crippen molar-refractivity contribution in [3.63, 3.8) is 0 Å². The number of ether oxygens (including phenoxy) is 1. The molecule has 1 saturated heterocycles. The van der Waals surface area contributed by atoms with Gasteiger partial charge in [0.05, 0.1) is 31.8 Å². The number of benzene rings is 1. The van der Waals surface area contributed by atoms with Gasteiger partial charge in [0, 0.05) is 5.56 Å². The first-order valence-electron chi connectivity index (χ1n) is 7.64. The number of hydrogen-bond donors (Lipinski definition) is 1. The molecule has 5 nitrogen and oxygen atoms in total. The van der Waals surface area contributed by atoms with Gasteiger partial charge in [-0.05, 0) is 39.8 Å². The van der Waals surface area contributed by atoms with E-state index in [0.717, 1.165) is 11.1 Å². The number of nitrogens with one attached hydrogen (secondary N) is 1. The van der Waals surface area contributed by atoms with E-state index in [0.29, 0.717) is 18.8 Å². The van der Waals surface area contributed by atoms with Crippen LogP contribution in [0, 0.1) is 13.8 Å². The fourth-order valence-corrected chi connectivity index (χ4v) is 2.95. The van der Waals surface area contributed by atoms with E-state index in [2.05, 4.69) is 5.32 Å². The lowest BCUT2D eigenvalue weighted by molar-refractivity contribution is -0.142. The van der Waals surface area contributed by atoms with Gasteiger partial charge in [-0.15, -0.1) is 0 Å². The van der Waals surface area contributed by atoms with Gasteiger partial charge in [0.2, 0.25) is 5.91 Å². The number of carbonyl (C=O) groups is 2. The van der Waals surface area contributed by atoms with E-state index >= 15 is 0 Å². The summed E-state index contributed by atoms with van der Waals surface area (Å²) in [5.74, 6) is -0.283. The Labute approximate surface area is 131 Å². The van der Waals surface area contributed by atoms with Crippen LogP contribution in [0.4, 0.5) is 0 Å². The lowest BCUT2D eigenvalue weighted by Crippen LogP contribution is -2.55. The zero-order valence-corrected chi connectivity index (χ0v) is 13.7. The summed E-state index contributed by atoms with van der Waals surface area (Å²) in [7, 11) is 0. The van der Waals surface area contributed by atoms with Gasteiger partial charge < -0.3 is 15.0 Å². The SMILES string of the molecule is Cc1cc(C)cc(C(=O)NCC(=O)N2[C@H](C)COC[C@@H]2C)c1. The molecule has 2 atom stereocenters. The summed E-state index contributed by atoms with van der Waals surface area (Å²) in [4.78, 5) is 26.3. The molecule has 0 saturated carbocycles. The molecule has 1 heterocycles. The average molecular weight is 304 g/mol. The Morgan fingerprint density at radius 2 is 1.68 bits per heavy atom. The molecule has 1 aromatic carbocycles. The van der Waals surface area contributed by atoms with Crippen LogP contribution >= 0.6 is 0 Å². The van der Waals surface area contributed by atoms with Crippen molar-refractivity contribution in [2.24, 2.45) is 0 Å². The van der Waals surface area contributed by atoms with Crippen molar-refractivity contribution in [1.82, 2.24) is 10.2 Å².